The second-order valence-electron chi connectivity index (χ2n) is 7.26. The highest BCUT2D eigenvalue weighted by atomic mass is 15.4. The van der Waals surface area contributed by atoms with Gasteiger partial charge >= 0.3 is 0 Å². The van der Waals surface area contributed by atoms with Gasteiger partial charge in [-0.3, -0.25) is 4.99 Å². The van der Waals surface area contributed by atoms with Gasteiger partial charge < -0.3 is 15.5 Å². The third kappa shape index (κ3) is 4.71. The van der Waals surface area contributed by atoms with Crippen molar-refractivity contribution in [2.24, 2.45) is 4.99 Å². The minimum Gasteiger partial charge on any atom is -0.357 e. The summed E-state index contributed by atoms with van der Waals surface area (Å²) in [5.41, 5.74) is 0. The van der Waals surface area contributed by atoms with E-state index in [4.69, 9.17) is 4.99 Å². The Balaban J connectivity index is 1.57. The lowest BCUT2D eigenvalue weighted by atomic mass is 10.1. The number of hydrogen-bond donors (Lipinski definition) is 2. The van der Waals surface area contributed by atoms with Gasteiger partial charge in [0, 0.05) is 25.7 Å². The molecule has 0 amide bonds. The van der Waals surface area contributed by atoms with Gasteiger partial charge in [0.1, 0.15) is 11.6 Å². The molecule has 7 nitrogen and oxygen atoms in total. The lowest BCUT2D eigenvalue weighted by Gasteiger charge is -2.26. The van der Waals surface area contributed by atoms with E-state index in [2.05, 4.69) is 39.6 Å². The van der Waals surface area contributed by atoms with Gasteiger partial charge in [0.2, 0.25) is 0 Å². The van der Waals surface area contributed by atoms with Crippen LogP contribution in [-0.2, 0) is 6.54 Å². The molecule has 1 aromatic rings. The SMILES string of the molecule is CCNC(=NCCN(C)C1CCCC1)NC1CCCn2nc(C)nc21. The van der Waals surface area contributed by atoms with Crippen molar-refractivity contribution < 1.29 is 0 Å². The summed E-state index contributed by atoms with van der Waals surface area (Å²) >= 11 is 0. The Kier molecular flexibility index (Phi) is 6.29. The topological polar surface area (TPSA) is 70.4 Å². The number of fused-ring (bicyclic) bond motifs is 1. The minimum atomic E-state index is 0.195. The van der Waals surface area contributed by atoms with Crippen LogP contribution in [0.4, 0.5) is 0 Å². The first-order valence-corrected chi connectivity index (χ1v) is 9.83. The molecule has 0 spiro atoms. The monoisotopic (exact) mass is 347 g/mol. The fourth-order valence-electron chi connectivity index (χ4n) is 3.94. The van der Waals surface area contributed by atoms with E-state index < -0.39 is 0 Å². The molecule has 0 radical (unpaired) electrons. The van der Waals surface area contributed by atoms with Crippen molar-refractivity contribution in [3.8, 4) is 0 Å². The number of guanidine groups is 1. The van der Waals surface area contributed by atoms with Gasteiger partial charge in [-0.15, -0.1) is 0 Å². The van der Waals surface area contributed by atoms with E-state index in [1.807, 2.05) is 11.6 Å². The molecule has 3 rings (SSSR count). The predicted octanol–water partition coefficient (Wildman–Crippen LogP) is 1.85. The van der Waals surface area contributed by atoms with Crippen molar-refractivity contribution in [3.63, 3.8) is 0 Å². The molecule has 0 saturated heterocycles. The summed E-state index contributed by atoms with van der Waals surface area (Å²) in [5.74, 6) is 2.78. The van der Waals surface area contributed by atoms with Gasteiger partial charge in [-0.2, -0.15) is 5.10 Å². The maximum atomic E-state index is 4.79. The molecular weight excluding hydrogens is 314 g/mol. The molecule has 2 aliphatic rings. The number of rotatable bonds is 6. The zero-order chi connectivity index (χ0) is 17.6. The average Bonchev–Trinajstić information content (AvgIpc) is 3.24. The van der Waals surface area contributed by atoms with E-state index in [1.165, 1.54) is 25.7 Å². The average molecular weight is 348 g/mol. The van der Waals surface area contributed by atoms with Crippen molar-refractivity contribution >= 4 is 5.96 Å². The Bertz CT molecular complexity index is 574. The van der Waals surface area contributed by atoms with Crippen LogP contribution in [0.1, 0.15) is 63.1 Å². The molecular formula is C18H33N7. The number of hydrogen-bond acceptors (Lipinski definition) is 4. The van der Waals surface area contributed by atoms with Crippen LogP contribution >= 0.6 is 0 Å². The number of likely N-dealkylation sites (N-methyl/N-ethyl adjacent to an activating group) is 1. The van der Waals surface area contributed by atoms with Crippen molar-refractivity contribution in [2.45, 2.75) is 71.0 Å². The maximum absolute atomic E-state index is 4.79. The summed E-state index contributed by atoms with van der Waals surface area (Å²) < 4.78 is 2.04. The van der Waals surface area contributed by atoms with Crippen LogP contribution in [0.5, 0.6) is 0 Å². The Morgan fingerprint density at radius 3 is 2.84 bits per heavy atom. The molecule has 1 atom stereocenters. The van der Waals surface area contributed by atoms with Crippen molar-refractivity contribution in [1.29, 1.82) is 0 Å². The fraction of sp³-hybridized carbons (Fsp3) is 0.833. The zero-order valence-corrected chi connectivity index (χ0v) is 16.0. The molecule has 1 unspecified atom stereocenters. The van der Waals surface area contributed by atoms with E-state index in [9.17, 15) is 0 Å². The van der Waals surface area contributed by atoms with E-state index in [1.54, 1.807) is 0 Å². The Morgan fingerprint density at radius 2 is 2.08 bits per heavy atom. The lowest BCUT2D eigenvalue weighted by molar-refractivity contribution is 0.252. The Morgan fingerprint density at radius 1 is 1.28 bits per heavy atom. The van der Waals surface area contributed by atoms with Crippen molar-refractivity contribution in [2.75, 3.05) is 26.7 Å². The first kappa shape index (κ1) is 18.2. The number of aromatic nitrogens is 3. The number of aryl methyl sites for hydroxylation is 2. The second kappa shape index (κ2) is 8.65. The molecule has 0 aromatic carbocycles. The third-order valence-corrected chi connectivity index (χ3v) is 5.31. The summed E-state index contributed by atoms with van der Waals surface area (Å²) in [5, 5.41) is 11.4. The minimum absolute atomic E-state index is 0.195. The first-order valence-electron chi connectivity index (χ1n) is 9.83. The Hall–Kier alpha value is -1.63. The van der Waals surface area contributed by atoms with Crippen molar-refractivity contribution in [1.82, 2.24) is 30.3 Å². The fourth-order valence-corrected chi connectivity index (χ4v) is 3.94. The van der Waals surface area contributed by atoms with Crippen molar-refractivity contribution in [3.05, 3.63) is 11.6 Å². The zero-order valence-electron chi connectivity index (χ0n) is 16.0. The molecule has 1 saturated carbocycles. The summed E-state index contributed by atoms with van der Waals surface area (Å²) in [6.45, 7) is 7.73. The summed E-state index contributed by atoms with van der Waals surface area (Å²) in [4.78, 5) is 11.9. The van der Waals surface area contributed by atoms with Gasteiger partial charge in [-0.05, 0) is 46.6 Å². The Labute approximate surface area is 151 Å². The predicted molar refractivity (Wildman–Crippen MR) is 101 cm³/mol. The van der Waals surface area contributed by atoms with Crippen LogP contribution < -0.4 is 10.6 Å². The largest absolute Gasteiger partial charge is 0.357 e. The smallest absolute Gasteiger partial charge is 0.191 e. The van der Waals surface area contributed by atoms with Crippen LogP contribution in [-0.4, -0.2) is 58.3 Å². The molecule has 1 aliphatic heterocycles. The normalized spacial score (nSPS) is 21.6. The van der Waals surface area contributed by atoms with Gasteiger partial charge in [-0.1, -0.05) is 12.8 Å². The van der Waals surface area contributed by atoms with E-state index >= 15 is 0 Å². The first-order chi connectivity index (χ1) is 12.2. The van der Waals surface area contributed by atoms with E-state index in [-0.39, 0.29) is 6.04 Å². The summed E-state index contributed by atoms with van der Waals surface area (Å²) in [6.07, 6.45) is 7.64. The molecule has 7 heteroatoms. The molecule has 1 fully saturated rings. The highest BCUT2D eigenvalue weighted by Gasteiger charge is 2.24. The van der Waals surface area contributed by atoms with Gasteiger partial charge in [0.05, 0.1) is 12.6 Å². The molecule has 0 bridgehead atoms. The lowest BCUT2D eigenvalue weighted by Crippen LogP contribution is -2.42. The standard InChI is InChI=1S/C18H33N7/c1-4-19-18(20-11-13-24(3)15-8-5-6-9-15)22-16-10-7-12-25-17(16)21-14(2)23-25/h15-16H,4-13H2,1-3H3,(H2,19,20,22). The van der Waals surface area contributed by atoms with Crippen LogP contribution in [0.2, 0.25) is 0 Å². The number of aliphatic imine (C=N–C) groups is 1. The summed E-state index contributed by atoms with van der Waals surface area (Å²) in [6, 6.07) is 0.950. The van der Waals surface area contributed by atoms with Crippen LogP contribution in [0, 0.1) is 6.92 Å². The maximum Gasteiger partial charge on any atom is 0.191 e. The molecule has 140 valence electrons. The van der Waals surface area contributed by atoms with Gasteiger partial charge in [-0.25, -0.2) is 9.67 Å². The number of nitrogens with zero attached hydrogens (tertiary/aromatic N) is 5. The van der Waals surface area contributed by atoms with E-state index in [0.29, 0.717) is 0 Å². The second-order valence-corrected chi connectivity index (χ2v) is 7.26. The molecule has 1 aromatic heterocycles. The quantitative estimate of drug-likeness (QED) is 0.607. The number of nitrogens with one attached hydrogen (secondary N) is 2. The highest BCUT2D eigenvalue weighted by molar-refractivity contribution is 5.80. The van der Waals surface area contributed by atoms with Crippen LogP contribution in [0.3, 0.4) is 0 Å². The van der Waals surface area contributed by atoms with Gasteiger partial charge in [0.15, 0.2) is 5.96 Å². The third-order valence-electron chi connectivity index (χ3n) is 5.31. The van der Waals surface area contributed by atoms with Gasteiger partial charge in [0.25, 0.3) is 0 Å². The highest BCUT2D eigenvalue weighted by Crippen LogP contribution is 2.23. The molecule has 25 heavy (non-hydrogen) atoms. The molecule has 1 aliphatic carbocycles. The summed E-state index contributed by atoms with van der Waals surface area (Å²) in [7, 11) is 2.23. The molecule has 2 heterocycles. The molecule has 2 N–H and O–H groups in total. The van der Waals surface area contributed by atoms with E-state index in [0.717, 1.165) is 62.7 Å². The van der Waals surface area contributed by atoms with Crippen LogP contribution in [0.25, 0.3) is 0 Å². The van der Waals surface area contributed by atoms with Crippen LogP contribution in [0.15, 0.2) is 4.99 Å².